The molecule has 238 valence electrons. The molecule has 3 atom stereocenters. The Labute approximate surface area is 264 Å². The van der Waals surface area contributed by atoms with Crippen molar-refractivity contribution in [2.75, 3.05) is 34.7 Å². The highest BCUT2D eigenvalue weighted by atomic mass is 16.7. The third kappa shape index (κ3) is 7.49. The van der Waals surface area contributed by atoms with Crippen LogP contribution in [0.2, 0.25) is 0 Å². The number of carbonyl (C=O) groups excluding carboxylic acids is 2. The topological polar surface area (TPSA) is 113 Å². The van der Waals surface area contributed by atoms with Gasteiger partial charge in [0.05, 0.1) is 33.3 Å². The fourth-order valence-corrected chi connectivity index (χ4v) is 5.77. The number of benzene rings is 4. The fourth-order valence-electron chi connectivity index (χ4n) is 5.77. The van der Waals surface area contributed by atoms with Crippen molar-refractivity contribution in [3.8, 4) is 28.7 Å². The number of nitrogens with one attached hydrogen (secondary N) is 1. The van der Waals surface area contributed by atoms with Gasteiger partial charge in [-0.05, 0) is 58.1 Å². The van der Waals surface area contributed by atoms with Crippen molar-refractivity contribution in [3.05, 3.63) is 89.5 Å². The standard InChI is InChI=1S/C26H25NO5.C8H10O3.C2H6/c1-30-14-22-19(13-28)9-18-10-23-24(32-15-31-23)12-21(18)26(22)27-25(29)11-17-7-4-6-16-5-2-3-8-20(16)17;1-10-6-4-3-5-7(11-2)8(6)9;1-2/h2-8,10,12-13,19,22,26H,9,11,14-15H2,1H3,(H,27,29);3-5,9H,1-2H3;1-2H3/t19-,22?,26?;;/m0../s1. The number of amides is 1. The van der Waals surface area contributed by atoms with E-state index >= 15 is 0 Å². The van der Waals surface area contributed by atoms with Gasteiger partial charge >= 0.3 is 0 Å². The van der Waals surface area contributed by atoms with Crippen LogP contribution in [0.3, 0.4) is 0 Å². The van der Waals surface area contributed by atoms with Gasteiger partial charge in [0.1, 0.15) is 6.29 Å². The van der Waals surface area contributed by atoms with E-state index in [1.807, 2.05) is 68.4 Å². The molecule has 9 heteroatoms. The van der Waals surface area contributed by atoms with Crippen LogP contribution in [0.25, 0.3) is 10.8 Å². The molecule has 1 amide bonds. The molecule has 2 aliphatic rings. The molecule has 0 saturated heterocycles. The molecule has 2 unspecified atom stereocenters. The number of rotatable bonds is 8. The van der Waals surface area contributed by atoms with Crippen molar-refractivity contribution in [3.63, 3.8) is 0 Å². The van der Waals surface area contributed by atoms with E-state index in [9.17, 15) is 14.7 Å². The van der Waals surface area contributed by atoms with Gasteiger partial charge in [-0.1, -0.05) is 62.4 Å². The number of carbonyl (C=O) groups is 2. The molecule has 9 nitrogen and oxygen atoms in total. The van der Waals surface area contributed by atoms with Gasteiger partial charge < -0.3 is 38.9 Å². The first-order valence-electron chi connectivity index (χ1n) is 15.0. The highest BCUT2D eigenvalue weighted by molar-refractivity contribution is 5.90. The lowest BCUT2D eigenvalue weighted by molar-refractivity contribution is -0.123. The fraction of sp³-hybridized carbons (Fsp3) is 0.333. The van der Waals surface area contributed by atoms with Crippen molar-refractivity contribution in [1.29, 1.82) is 0 Å². The van der Waals surface area contributed by atoms with E-state index in [2.05, 4.69) is 5.32 Å². The summed E-state index contributed by atoms with van der Waals surface area (Å²) < 4.78 is 26.3. The summed E-state index contributed by atoms with van der Waals surface area (Å²) in [5.41, 5.74) is 2.92. The monoisotopic (exact) mass is 615 g/mol. The smallest absolute Gasteiger partial charge is 0.231 e. The molecule has 0 saturated carbocycles. The Morgan fingerprint density at radius 1 is 0.933 bits per heavy atom. The van der Waals surface area contributed by atoms with E-state index < -0.39 is 0 Å². The van der Waals surface area contributed by atoms with Crippen LogP contribution in [0.1, 0.15) is 36.6 Å². The SMILES string of the molecule is CC.COCC1C(NC(=O)Cc2cccc3ccccc23)c2cc3c(cc2C[C@H]1C=O)OCO3.COc1cccc(OC)c1O. The number of ether oxygens (including phenoxy) is 5. The Bertz CT molecular complexity index is 1580. The molecule has 1 heterocycles. The zero-order valence-corrected chi connectivity index (χ0v) is 26.4. The summed E-state index contributed by atoms with van der Waals surface area (Å²) >= 11 is 0. The largest absolute Gasteiger partial charge is 0.502 e. The Balaban J connectivity index is 0.000000299. The Kier molecular flexibility index (Phi) is 11.6. The lowest BCUT2D eigenvalue weighted by Crippen LogP contribution is -2.43. The van der Waals surface area contributed by atoms with E-state index in [0.717, 1.165) is 33.7 Å². The predicted octanol–water partition coefficient (Wildman–Crippen LogP) is 6.04. The molecule has 1 aliphatic carbocycles. The average molecular weight is 616 g/mol. The number of methoxy groups -OCH3 is 3. The molecule has 4 aromatic rings. The number of fused-ring (bicyclic) bond motifs is 3. The Morgan fingerprint density at radius 3 is 2.24 bits per heavy atom. The van der Waals surface area contributed by atoms with Gasteiger partial charge in [0, 0.05) is 18.9 Å². The van der Waals surface area contributed by atoms with Crippen molar-refractivity contribution < 1.29 is 38.4 Å². The molecule has 0 spiro atoms. The van der Waals surface area contributed by atoms with Gasteiger partial charge in [0.15, 0.2) is 23.0 Å². The Morgan fingerprint density at radius 2 is 1.58 bits per heavy atom. The summed E-state index contributed by atoms with van der Waals surface area (Å²) in [6.45, 7) is 4.55. The first kappa shape index (κ1) is 33.1. The first-order valence-corrected chi connectivity index (χ1v) is 15.0. The molecule has 45 heavy (non-hydrogen) atoms. The van der Waals surface area contributed by atoms with Crippen LogP contribution in [0.15, 0.2) is 72.8 Å². The van der Waals surface area contributed by atoms with Crippen LogP contribution in [0.5, 0.6) is 28.7 Å². The van der Waals surface area contributed by atoms with E-state index in [0.29, 0.717) is 36.0 Å². The van der Waals surface area contributed by atoms with Crippen molar-refractivity contribution in [2.45, 2.75) is 32.7 Å². The zero-order valence-electron chi connectivity index (χ0n) is 26.4. The summed E-state index contributed by atoms with van der Waals surface area (Å²) in [6, 6.07) is 22.6. The summed E-state index contributed by atoms with van der Waals surface area (Å²) in [5, 5.41) is 14.7. The second-order valence-electron chi connectivity index (χ2n) is 10.4. The molecule has 0 aromatic heterocycles. The van der Waals surface area contributed by atoms with Gasteiger partial charge in [0.25, 0.3) is 0 Å². The number of aldehydes is 1. The van der Waals surface area contributed by atoms with Crippen LogP contribution >= 0.6 is 0 Å². The van der Waals surface area contributed by atoms with E-state index in [1.165, 1.54) is 14.2 Å². The second kappa shape index (κ2) is 15.8. The van der Waals surface area contributed by atoms with E-state index in [4.69, 9.17) is 23.7 Å². The zero-order chi connectivity index (χ0) is 32.3. The number of para-hydroxylation sites is 1. The average Bonchev–Trinajstić information content (AvgIpc) is 3.54. The number of phenols is 1. The van der Waals surface area contributed by atoms with Gasteiger partial charge in [-0.25, -0.2) is 0 Å². The van der Waals surface area contributed by atoms with Crippen LogP contribution in [-0.2, 0) is 27.2 Å². The van der Waals surface area contributed by atoms with Crippen LogP contribution in [0.4, 0.5) is 0 Å². The quantitative estimate of drug-likeness (QED) is 0.231. The molecule has 0 fully saturated rings. The number of hydrogen-bond donors (Lipinski definition) is 2. The number of aromatic hydroxyl groups is 1. The summed E-state index contributed by atoms with van der Waals surface area (Å²) in [6.07, 6.45) is 1.81. The minimum Gasteiger partial charge on any atom is -0.502 e. The molecular formula is C36H41NO8. The van der Waals surface area contributed by atoms with Gasteiger partial charge in [0.2, 0.25) is 18.4 Å². The van der Waals surface area contributed by atoms with Crippen LogP contribution in [0, 0.1) is 11.8 Å². The highest BCUT2D eigenvalue weighted by Gasteiger charge is 2.39. The second-order valence-corrected chi connectivity index (χ2v) is 10.4. The molecule has 1 aliphatic heterocycles. The maximum Gasteiger partial charge on any atom is 0.231 e. The maximum atomic E-state index is 13.2. The Hall–Kier alpha value is -4.76. The number of hydrogen-bond acceptors (Lipinski definition) is 8. The van der Waals surface area contributed by atoms with E-state index in [1.54, 1.807) is 25.3 Å². The van der Waals surface area contributed by atoms with Crippen molar-refractivity contribution in [2.24, 2.45) is 11.8 Å². The molecule has 0 bridgehead atoms. The summed E-state index contributed by atoms with van der Waals surface area (Å²) in [5.74, 6) is 1.71. The third-order valence-electron chi connectivity index (χ3n) is 7.89. The van der Waals surface area contributed by atoms with E-state index in [-0.39, 0.29) is 42.7 Å². The van der Waals surface area contributed by atoms with Gasteiger partial charge in [-0.2, -0.15) is 0 Å². The lowest BCUT2D eigenvalue weighted by Gasteiger charge is -2.37. The predicted molar refractivity (Wildman–Crippen MR) is 172 cm³/mol. The van der Waals surface area contributed by atoms with Crippen molar-refractivity contribution >= 4 is 23.0 Å². The molecule has 6 rings (SSSR count). The van der Waals surface area contributed by atoms with Crippen molar-refractivity contribution in [1.82, 2.24) is 5.32 Å². The first-order chi connectivity index (χ1) is 22.0. The molecule has 0 radical (unpaired) electrons. The summed E-state index contributed by atoms with van der Waals surface area (Å²) in [4.78, 5) is 25.1. The molecule has 2 N–H and O–H groups in total. The highest BCUT2D eigenvalue weighted by Crippen LogP contribution is 2.44. The molecule has 4 aromatic carbocycles. The third-order valence-corrected chi connectivity index (χ3v) is 7.89. The maximum absolute atomic E-state index is 13.2. The molecular weight excluding hydrogens is 574 g/mol. The van der Waals surface area contributed by atoms with Gasteiger partial charge in [-0.3, -0.25) is 4.79 Å². The normalized spacial score (nSPS) is 17.5. The lowest BCUT2D eigenvalue weighted by atomic mass is 9.73. The van der Waals surface area contributed by atoms with Crippen LogP contribution < -0.4 is 24.3 Å². The number of phenolic OH excluding ortho intramolecular Hbond substituents is 1. The van der Waals surface area contributed by atoms with Crippen LogP contribution in [-0.4, -0.2) is 52.0 Å². The minimum atomic E-state index is -0.356. The minimum absolute atomic E-state index is 0.0394. The summed E-state index contributed by atoms with van der Waals surface area (Å²) in [7, 11) is 4.61. The van der Waals surface area contributed by atoms with Gasteiger partial charge in [-0.15, -0.1) is 0 Å².